The molecule has 1 aromatic rings. The van der Waals surface area contributed by atoms with E-state index in [9.17, 15) is 0 Å². The second kappa shape index (κ2) is 7.75. The van der Waals surface area contributed by atoms with E-state index in [1.807, 2.05) is 13.8 Å². The van der Waals surface area contributed by atoms with E-state index in [2.05, 4.69) is 32.1 Å². The normalized spacial score (nSPS) is 17.2. The van der Waals surface area contributed by atoms with E-state index in [0.29, 0.717) is 5.95 Å². The van der Waals surface area contributed by atoms with Crippen molar-refractivity contribution in [3.05, 3.63) is 5.28 Å². The zero-order chi connectivity index (χ0) is 15.2. The maximum atomic E-state index is 5.88. The molecule has 0 spiro atoms. The SMILES string of the molecule is CC1CCN(CCNc2nc(Cl)nc(OC(C)C)n2)CC1. The number of halogens is 1. The van der Waals surface area contributed by atoms with Gasteiger partial charge in [0.2, 0.25) is 11.2 Å². The summed E-state index contributed by atoms with van der Waals surface area (Å²) in [5.74, 6) is 1.32. The van der Waals surface area contributed by atoms with E-state index in [-0.39, 0.29) is 17.4 Å². The second-order valence-electron chi connectivity index (χ2n) is 5.83. The quantitative estimate of drug-likeness (QED) is 0.870. The van der Waals surface area contributed by atoms with E-state index in [4.69, 9.17) is 16.3 Å². The molecule has 118 valence electrons. The maximum absolute atomic E-state index is 5.88. The van der Waals surface area contributed by atoms with Crippen molar-refractivity contribution < 1.29 is 4.74 Å². The molecule has 1 aromatic heterocycles. The van der Waals surface area contributed by atoms with Gasteiger partial charge in [0.1, 0.15) is 0 Å². The first-order valence-corrected chi connectivity index (χ1v) is 7.95. The van der Waals surface area contributed by atoms with Gasteiger partial charge in [-0.2, -0.15) is 15.0 Å². The third kappa shape index (κ3) is 5.63. The number of aromatic nitrogens is 3. The highest BCUT2D eigenvalue weighted by atomic mass is 35.5. The molecule has 0 aliphatic carbocycles. The number of anilines is 1. The van der Waals surface area contributed by atoms with Gasteiger partial charge in [0.05, 0.1) is 6.10 Å². The van der Waals surface area contributed by atoms with E-state index in [1.165, 1.54) is 25.9 Å². The topological polar surface area (TPSA) is 63.2 Å². The van der Waals surface area contributed by atoms with Crippen molar-refractivity contribution in [2.24, 2.45) is 5.92 Å². The number of nitrogens with zero attached hydrogens (tertiary/aromatic N) is 4. The number of hydrogen-bond acceptors (Lipinski definition) is 6. The molecular weight excluding hydrogens is 290 g/mol. The molecule has 0 radical (unpaired) electrons. The molecule has 1 aliphatic heterocycles. The van der Waals surface area contributed by atoms with Crippen LogP contribution in [0.15, 0.2) is 0 Å². The highest BCUT2D eigenvalue weighted by Gasteiger charge is 2.15. The zero-order valence-electron chi connectivity index (χ0n) is 13.0. The van der Waals surface area contributed by atoms with Gasteiger partial charge in [-0.3, -0.25) is 0 Å². The summed E-state index contributed by atoms with van der Waals surface area (Å²) in [6.07, 6.45) is 2.57. The van der Waals surface area contributed by atoms with E-state index in [1.54, 1.807) is 0 Å². The summed E-state index contributed by atoms with van der Waals surface area (Å²) in [5.41, 5.74) is 0. The molecular formula is C14H24ClN5O. The lowest BCUT2D eigenvalue weighted by Crippen LogP contribution is -2.36. The van der Waals surface area contributed by atoms with Gasteiger partial charge in [0, 0.05) is 13.1 Å². The molecule has 0 atom stereocenters. The fourth-order valence-corrected chi connectivity index (χ4v) is 2.44. The van der Waals surface area contributed by atoms with Crippen LogP contribution in [0.25, 0.3) is 0 Å². The lowest BCUT2D eigenvalue weighted by Gasteiger charge is -2.30. The zero-order valence-corrected chi connectivity index (χ0v) is 13.7. The average molecular weight is 314 g/mol. The Morgan fingerprint density at radius 3 is 2.67 bits per heavy atom. The third-order valence-corrected chi connectivity index (χ3v) is 3.69. The van der Waals surface area contributed by atoms with Crippen molar-refractivity contribution in [2.45, 2.75) is 39.7 Å². The van der Waals surface area contributed by atoms with Gasteiger partial charge in [-0.25, -0.2) is 0 Å². The molecule has 0 unspecified atom stereocenters. The lowest BCUT2D eigenvalue weighted by molar-refractivity contribution is 0.198. The van der Waals surface area contributed by atoms with Gasteiger partial charge < -0.3 is 15.0 Å². The molecule has 2 heterocycles. The standard InChI is InChI=1S/C14H24ClN5O/c1-10(2)21-14-18-12(15)17-13(19-14)16-6-9-20-7-4-11(3)5-8-20/h10-11H,4-9H2,1-3H3,(H,16,17,18,19). The van der Waals surface area contributed by atoms with Crippen LogP contribution in [0, 0.1) is 5.92 Å². The van der Waals surface area contributed by atoms with Gasteiger partial charge in [-0.1, -0.05) is 6.92 Å². The van der Waals surface area contributed by atoms with Gasteiger partial charge in [-0.15, -0.1) is 0 Å². The number of ether oxygens (including phenoxy) is 1. The lowest BCUT2D eigenvalue weighted by atomic mass is 9.99. The van der Waals surface area contributed by atoms with Gasteiger partial charge >= 0.3 is 6.01 Å². The molecule has 2 rings (SSSR count). The number of piperidine rings is 1. The Bertz CT molecular complexity index is 449. The first-order valence-electron chi connectivity index (χ1n) is 7.57. The molecule has 0 bridgehead atoms. The molecule has 0 saturated carbocycles. The number of rotatable bonds is 6. The average Bonchev–Trinajstić information content (AvgIpc) is 2.39. The van der Waals surface area contributed by atoms with Crippen molar-refractivity contribution in [1.82, 2.24) is 19.9 Å². The van der Waals surface area contributed by atoms with Crippen LogP contribution in [0.3, 0.4) is 0 Å². The van der Waals surface area contributed by atoms with Gasteiger partial charge in [0.15, 0.2) is 0 Å². The van der Waals surface area contributed by atoms with Crippen molar-refractivity contribution in [3.63, 3.8) is 0 Å². The number of hydrogen-bond donors (Lipinski definition) is 1. The monoisotopic (exact) mass is 313 g/mol. The van der Waals surface area contributed by atoms with E-state index < -0.39 is 0 Å². The molecule has 6 nitrogen and oxygen atoms in total. The molecule has 1 fully saturated rings. The fraction of sp³-hybridized carbons (Fsp3) is 0.786. The number of likely N-dealkylation sites (tertiary alicyclic amines) is 1. The van der Waals surface area contributed by atoms with E-state index >= 15 is 0 Å². The minimum Gasteiger partial charge on any atom is -0.461 e. The molecule has 7 heteroatoms. The molecule has 21 heavy (non-hydrogen) atoms. The van der Waals surface area contributed by atoms with Crippen LogP contribution in [0.5, 0.6) is 6.01 Å². The van der Waals surface area contributed by atoms with Gasteiger partial charge in [-0.05, 0) is 57.3 Å². The summed E-state index contributed by atoms with van der Waals surface area (Å²) in [4.78, 5) is 14.7. The van der Waals surface area contributed by atoms with Crippen molar-refractivity contribution in [3.8, 4) is 6.01 Å². The highest BCUT2D eigenvalue weighted by Crippen LogP contribution is 2.16. The summed E-state index contributed by atoms with van der Waals surface area (Å²) in [6, 6.07) is 0.263. The smallest absolute Gasteiger partial charge is 0.322 e. The predicted molar refractivity (Wildman–Crippen MR) is 83.9 cm³/mol. The third-order valence-electron chi connectivity index (χ3n) is 3.52. The Labute approximate surface area is 131 Å². The summed E-state index contributed by atoms with van der Waals surface area (Å²) >= 11 is 5.88. The summed E-state index contributed by atoms with van der Waals surface area (Å²) in [5, 5.41) is 3.34. The van der Waals surface area contributed by atoms with E-state index in [0.717, 1.165) is 19.0 Å². The summed E-state index contributed by atoms with van der Waals surface area (Å²) < 4.78 is 5.45. The molecule has 1 saturated heterocycles. The Morgan fingerprint density at radius 1 is 1.29 bits per heavy atom. The fourth-order valence-electron chi connectivity index (χ4n) is 2.29. The molecule has 1 aliphatic rings. The Balaban J connectivity index is 1.81. The minimum atomic E-state index is 0.00616. The van der Waals surface area contributed by atoms with Crippen molar-refractivity contribution in [2.75, 3.05) is 31.5 Å². The first-order chi connectivity index (χ1) is 10.0. The van der Waals surface area contributed by atoms with Crippen LogP contribution < -0.4 is 10.1 Å². The Morgan fingerprint density at radius 2 is 2.00 bits per heavy atom. The Kier molecular flexibility index (Phi) is 5.99. The molecule has 1 N–H and O–H groups in total. The second-order valence-corrected chi connectivity index (χ2v) is 6.17. The highest BCUT2D eigenvalue weighted by molar-refractivity contribution is 6.28. The van der Waals surface area contributed by atoms with Crippen LogP contribution in [0.4, 0.5) is 5.95 Å². The van der Waals surface area contributed by atoms with Crippen LogP contribution in [-0.2, 0) is 0 Å². The largest absolute Gasteiger partial charge is 0.461 e. The summed E-state index contributed by atoms with van der Waals surface area (Å²) in [6.45, 7) is 10.3. The van der Waals surface area contributed by atoms with Crippen LogP contribution >= 0.6 is 11.6 Å². The number of nitrogens with one attached hydrogen (secondary N) is 1. The van der Waals surface area contributed by atoms with Crippen LogP contribution in [0.2, 0.25) is 5.28 Å². The van der Waals surface area contributed by atoms with Crippen LogP contribution in [-0.4, -0.2) is 52.1 Å². The predicted octanol–water partition coefficient (Wildman–Crippen LogP) is 2.46. The van der Waals surface area contributed by atoms with Crippen LogP contribution in [0.1, 0.15) is 33.6 Å². The minimum absolute atomic E-state index is 0.00616. The first kappa shape index (κ1) is 16.2. The van der Waals surface area contributed by atoms with Crippen molar-refractivity contribution in [1.29, 1.82) is 0 Å². The summed E-state index contributed by atoms with van der Waals surface area (Å²) in [7, 11) is 0. The van der Waals surface area contributed by atoms with Crippen molar-refractivity contribution >= 4 is 17.5 Å². The maximum Gasteiger partial charge on any atom is 0.322 e. The molecule has 0 amide bonds. The van der Waals surface area contributed by atoms with Gasteiger partial charge in [0.25, 0.3) is 0 Å². The Hall–Kier alpha value is -1.14. The molecule has 0 aromatic carbocycles.